The molecule has 0 unspecified atom stereocenters. The van der Waals surface area contributed by atoms with Crippen molar-refractivity contribution < 1.29 is 24.5 Å². The maximum absolute atomic E-state index is 11.6. The Hall–Kier alpha value is -2.34. The number of carbonyl (C=O) groups excluding carboxylic acids is 1. The molecule has 0 radical (unpaired) electrons. The molecule has 0 heterocycles. The van der Waals surface area contributed by atoms with Crippen molar-refractivity contribution in [3.63, 3.8) is 0 Å². The normalized spacial score (nSPS) is 10.5. The quantitative estimate of drug-likeness (QED) is 0.656. The van der Waals surface area contributed by atoms with Gasteiger partial charge in [-0.25, -0.2) is 4.79 Å². The van der Waals surface area contributed by atoms with Gasteiger partial charge in [-0.1, -0.05) is 19.4 Å². The van der Waals surface area contributed by atoms with E-state index in [2.05, 4.69) is 15.9 Å². The molecule has 2 aromatic carbocycles. The van der Waals surface area contributed by atoms with Crippen molar-refractivity contribution in [3.05, 3.63) is 57.1 Å². The number of hydrogen-bond donors (Lipinski definition) is 2. The number of carboxylic acid groups (broad SMARTS) is 1. The second kappa shape index (κ2) is 8.16. The Bertz CT molecular complexity index is 814. The van der Waals surface area contributed by atoms with E-state index in [-0.39, 0.29) is 29.3 Å². The van der Waals surface area contributed by atoms with E-state index in [0.29, 0.717) is 22.2 Å². The predicted molar refractivity (Wildman–Crippen MR) is 97.5 cm³/mol. The summed E-state index contributed by atoms with van der Waals surface area (Å²) in [5.74, 6) is -0.721. The first-order valence-corrected chi connectivity index (χ1v) is 8.64. The summed E-state index contributed by atoms with van der Waals surface area (Å²) < 4.78 is 6.28. The van der Waals surface area contributed by atoms with Gasteiger partial charge in [0, 0.05) is 10.0 Å². The van der Waals surface area contributed by atoms with Crippen molar-refractivity contribution in [1.29, 1.82) is 0 Å². The van der Waals surface area contributed by atoms with Crippen LogP contribution >= 0.6 is 15.9 Å². The molecule has 0 saturated carbocycles. The van der Waals surface area contributed by atoms with E-state index in [1.807, 2.05) is 6.92 Å². The molecular formula is C19H19BrO5. The zero-order valence-corrected chi connectivity index (χ0v) is 15.6. The van der Waals surface area contributed by atoms with Gasteiger partial charge in [0.25, 0.3) is 0 Å². The molecule has 0 bridgehead atoms. The van der Waals surface area contributed by atoms with Gasteiger partial charge < -0.3 is 14.9 Å². The van der Waals surface area contributed by atoms with Crippen molar-refractivity contribution in [2.24, 2.45) is 0 Å². The zero-order chi connectivity index (χ0) is 18.6. The highest BCUT2D eigenvalue weighted by Gasteiger charge is 2.16. The van der Waals surface area contributed by atoms with Crippen LogP contribution in [0.25, 0.3) is 0 Å². The average molecular weight is 407 g/mol. The van der Waals surface area contributed by atoms with Crippen molar-refractivity contribution in [3.8, 4) is 11.5 Å². The van der Waals surface area contributed by atoms with Gasteiger partial charge in [-0.2, -0.15) is 0 Å². The van der Waals surface area contributed by atoms with Crippen LogP contribution in [0.5, 0.6) is 11.5 Å². The van der Waals surface area contributed by atoms with Gasteiger partial charge in [-0.05, 0) is 59.1 Å². The van der Waals surface area contributed by atoms with Gasteiger partial charge in [-0.3, -0.25) is 4.79 Å². The number of Topliss-reactive ketones (excluding diaryl/α,β-unsaturated/α-hetero) is 1. The highest BCUT2D eigenvalue weighted by molar-refractivity contribution is 9.10. The molecule has 0 aliphatic carbocycles. The topological polar surface area (TPSA) is 83.8 Å². The Kier molecular flexibility index (Phi) is 6.20. The Morgan fingerprint density at radius 3 is 2.40 bits per heavy atom. The summed E-state index contributed by atoms with van der Waals surface area (Å²) in [6.07, 6.45) is 1.38. The SMILES string of the molecule is CCCc1c(OCc2ccc(C(=O)O)c(Br)c2)ccc(C(C)=O)c1O. The number of aromatic carboxylic acids is 1. The molecule has 0 aromatic heterocycles. The highest BCUT2D eigenvalue weighted by Crippen LogP contribution is 2.33. The molecule has 0 fully saturated rings. The standard InChI is InChI=1S/C19H19BrO5/c1-3-4-15-17(8-7-13(11(2)21)18(15)22)25-10-12-5-6-14(19(23)24)16(20)9-12/h5-9,22H,3-4,10H2,1-2H3,(H,23,24). The van der Waals surface area contributed by atoms with E-state index in [1.165, 1.54) is 13.0 Å². The molecule has 0 amide bonds. The molecular weight excluding hydrogens is 388 g/mol. The summed E-state index contributed by atoms with van der Waals surface area (Å²) in [6.45, 7) is 3.60. The van der Waals surface area contributed by atoms with Crippen LogP contribution in [0, 0.1) is 0 Å². The minimum absolute atomic E-state index is 0.0331. The molecule has 2 aromatic rings. The van der Waals surface area contributed by atoms with Crippen LogP contribution in [-0.2, 0) is 13.0 Å². The fraction of sp³-hybridized carbons (Fsp3) is 0.263. The maximum Gasteiger partial charge on any atom is 0.336 e. The van der Waals surface area contributed by atoms with Gasteiger partial charge in [0.1, 0.15) is 18.1 Å². The number of phenolic OH excluding ortho intramolecular Hbond substituents is 1. The van der Waals surface area contributed by atoms with Gasteiger partial charge in [-0.15, -0.1) is 0 Å². The lowest BCUT2D eigenvalue weighted by Gasteiger charge is -2.15. The number of ether oxygens (including phenoxy) is 1. The van der Waals surface area contributed by atoms with Crippen molar-refractivity contribution in [2.75, 3.05) is 0 Å². The van der Waals surface area contributed by atoms with Gasteiger partial charge in [0.05, 0.1) is 11.1 Å². The summed E-state index contributed by atoms with van der Waals surface area (Å²) in [7, 11) is 0. The van der Waals surface area contributed by atoms with Crippen LogP contribution in [0.15, 0.2) is 34.8 Å². The van der Waals surface area contributed by atoms with E-state index in [4.69, 9.17) is 9.84 Å². The van der Waals surface area contributed by atoms with Crippen LogP contribution in [0.1, 0.15) is 52.1 Å². The smallest absolute Gasteiger partial charge is 0.336 e. The van der Waals surface area contributed by atoms with Crippen LogP contribution in [0.3, 0.4) is 0 Å². The molecule has 132 valence electrons. The van der Waals surface area contributed by atoms with E-state index in [0.717, 1.165) is 12.0 Å². The Balaban J connectivity index is 2.25. The number of benzene rings is 2. The van der Waals surface area contributed by atoms with E-state index in [9.17, 15) is 14.7 Å². The number of phenols is 1. The van der Waals surface area contributed by atoms with Crippen LogP contribution in [-0.4, -0.2) is 22.0 Å². The van der Waals surface area contributed by atoms with E-state index >= 15 is 0 Å². The Labute approximate surface area is 154 Å². The zero-order valence-electron chi connectivity index (χ0n) is 14.0. The van der Waals surface area contributed by atoms with Crippen molar-refractivity contribution in [2.45, 2.75) is 33.3 Å². The minimum Gasteiger partial charge on any atom is -0.507 e. The maximum atomic E-state index is 11.6. The summed E-state index contributed by atoms with van der Waals surface area (Å²) >= 11 is 3.24. The molecule has 2 rings (SSSR count). The third kappa shape index (κ3) is 4.39. The molecule has 2 N–H and O–H groups in total. The lowest BCUT2D eigenvalue weighted by atomic mass is 10.0. The largest absolute Gasteiger partial charge is 0.507 e. The van der Waals surface area contributed by atoms with Gasteiger partial charge in [0.15, 0.2) is 5.78 Å². The van der Waals surface area contributed by atoms with Crippen molar-refractivity contribution >= 4 is 27.7 Å². The first-order valence-electron chi connectivity index (χ1n) is 7.85. The summed E-state index contributed by atoms with van der Waals surface area (Å²) in [5.41, 5.74) is 1.86. The van der Waals surface area contributed by atoms with E-state index in [1.54, 1.807) is 24.3 Å². The highest BCUT2D eigenvalue weighted by atomic mass is 79.9. The molecule has 0 aliphatic rings. The summed E-state index contributed by atoms with van der Waals surface area (Å²) in [4.78, 5) is 22.6. The first kappa shape index (κ1) is 19.0. The van der Waals surface area contributed by atoms with Crippen LogP contribution in [0.4, 0.5) is 0 Å². The predicted octanol–water partition coefficient (Wildman–Crippen LogP) is 4.59. The third-order valence-corrected chi connectivity index (χ3v) is 4.43. The minimum atomic E-state index is -1.01. The first-order chi connectivity index (χ1) is 11.8. The van der Waals surface area contributed by atoms with Crippen LogP contribution in [0.2, 0.25) is 0 Å². The number of rotatable bonds is 7. The molecule has 0 aliphatic heterocycles. The Morgan fingerprint density at radius 2 is 1.84 bits per heavy atom. The van der Waals surface area contributed by atoms with Gasteiger partial charge >= 0.3 is 5.97 Å². The van der Waals surface area contributed by atoms with Gasteiger partial charge in [0.2, 0.25) is 0 Å². The molecule has 6 heteroatoms. The number of aromatic hydroxyl groups is 1. The number of halogens is 1. The fourth-order valence-electron chi connectivity index (χ4n) is 2.51. The van der Waals surface area contributed by atoms with E-state index < -0.39 is 5.97 Å². The molecule has 0 spiro atoms. The number of hydrogen-bond acceptors (Lipinski definition) is 4. The molecule has 0 saturated heterocycles. The van der Waals surface area contributed by atoms with Crippen LogP contribution < -0.4 is 4.74 Å². The third-order valence-electron chi connectivity index (χ3n) is 3.78. The summed E-state index contributed by atoms with van der Waals surface area (Å²) in [6, 6.07) is 8.11. The lowest BCUT2D eigenvalue weighted by molar-refractivity contribution is 0.0695. The fourth-order valence-corrected chi connectivity index (χ4v) is 3.11. The second-order valence-electron chi connectivity index (χ2n) is 5.65. The summed E-state index contributed by atoms with van der Waals surface area (Å²) in [5, 5.41) is 19.4. The lowest BCUT2D eigenvalue weighted by Crippen LogP contribution is -2.03. The number of carbonyl (C=O) groups is 2. The molecule has 5 nitrogen and oxygen atoms in total. The monoisotopic (exact) mass is 406 g/mol. The second-order valence-corrected chi connectivity index (χ2v) is 6.51. The van der Waals surface area contributed by atoms with Crippen molar-refractivity contribution in [1.82, 2.24) is 0 Å². The number of carboxylic acids is 1. The molecule has 0 atom stereocenters. The molecule has 25 heavy (non-hydrogen) atoms. The number of ketones is 1. The Morgan fingerprint density at radius 1 is 1.16 bits per heavy atom. The average Bonchev–Trinajstić information content (AvgIpc) is 2.54.